The van der Waals surface area contributed by atoms with E-state index in [1.807, 2.05) is 0 Å². The highest BCUT2D eigenvalue weighted by Gasteiger charge is 2.15. The molecule has 1 heterocycles. The predicted octanol–water partition coefficient (Wildman–Crippen LogP) is 2.65. The molecule has 0 aromatic heterocycles. The van der Waals surface area contributed by atoms with Gasteiger partial charge in [-0.2, -0.15) is 0 Å². The molecular weight excluding hydrogens is 198 g/mol. The summed E-state index contributed by atoms with van der Waals surface area (Å²) in [4.78, 5) is 0. The molecule has 1 aliphatic rings. The molecular formula is C14H21NO. The number of rotatable bonds is 2. The van der Waals surface area contributed by atoms with Crippen molar-refractivity contribution >= 4 is 0 Å². The Morgan fingerprint density at radius 1 is 1.31 bits per heavy atom. The fourth-order valence-electron chi connectivity index (χ4n) is 1.99. The molecule has 0 radical (unpaired) electrons. The Labute approximate surface area is 98.0 Å². The van der Waals surface area contributed by atoms with Crippen molar-refractivity contribution < 1.29 is 4.74 Å². The van der Waals surface area contributed by atoms with Crippen LogP contribution in [0, 0.1) is 0 Å². The van der Waals surface area contributed by atoms with Gasteiger partial charge in [0.05, 0.1) is 13.2 Å². The Hall–Kier alpha value is -0.860. The maximum absolute atomic E-state index is 5.54. The normalized spacial score (nSPS) is 15.9. The van der Waals surface area contributed by atoms with Crippen LogP contribution in [0.3, 0.4) is 0 Å². The van der Waals surface area contributed by atoms with Gasteiger partial charge in [-0.25, -0.2) is 0 Å². The summed E-state index contributed by atoms with van der Waals surface area (Å²) in [7, 11) is 0. The number of benzene rings is 1. The van der Waals surface area contributed by atoms with Crippen molar-refractivity contribution in [3.05, 3.63) is 34.9 Å². The van der Waals surface area contributed by atoms with Gasteiger partial charge >= 0.3 is 0 Å². The molecule has 2 rings (SSSR count). The van der Waals surface area contributed by atoms with E-state index in [1.165, 1.54) is 16.7 Å². The number of hydrogen-bond acceptors (Lipinski definition) is 2. The van der Waals surface area contributed by atoms with Crippen molar-refractivity contribution in [3.8, 4) is 0 Å². The predicted molar refractivity (Wildman–Crippen MR) is 66.4 cm³/mol. The summed E-state index contributed by atoms with van der Waals surface area (Å²) < 4.78 is 5.54. The van der Waals surface area contributed by atoms with Gasteiger partial charge in [0.25, 0.3) is 0 Å². The highest BCUT2D eigenvalue weighted by atomic mass is 16.5. The third-order valence-electron chi connectivity index (χ3n) is 2.94. The number of fused-ring (bicyclic) bond motifs is 1. The first kappa shape index (κ1) is 11.6. The standard InChI is InChI=1S/C14H21NO/c1-14(2,3)15-9-12-6-4-5-11-7-8-16-10-13(11)12/h4-6,15H,7-10H2,1-3H3. The van der Waals surface area contributed by atoms with E-state index in [2.05, 4.69) is 44.3 Å². The third kappa shape index (κ3) is 2.83. The zero-order chi connectivity index (χ0) is 11.6. The van der Waals surface area contributed by atoms with E-state index < -0.39 is 0 Å². The van der Waals surface area contributed by atoms with Gasteiger partial charge in [-0.3, -0.25) is 0 Å². The molecule has 0 aliphatic carbocycles. The van der Waals surface area contributed by atoms with E-state index in [0.717, 1.165) is 26.2 Å². The van der Waals surface area contributed by atoms with Crippen LogP contribution in [-0.2, 0) is 24.3 Å². The van der Waals surface area contributed by atoms with E-state index in [1.54, 1.807) is 0 Å². The van der Waals surface area contributed by atoms with Crippen LogP contribution in [0.1, 0.15) is 37.5 Å². The molecule has 0 bridgehead atoms. The fourth-order valence-corrected chi connectivity index (χ4v) is 1.99. The lowest BCUT2D eigenvalue weighted by Gasteiger charge is -2.24. The summed E-state index contributed by atoms with van der Waals surface area (Å²) in [5.41, 5.74) is 4.40. The van der Waals surface area contributed by atoms with Gasteiger partial charge in [-0.15, -0.1) is 0 Å². The summed E-state index contributed by atoms with van der Waals surface area (Å²) in [5, 5.41) is 3.53. The number of nitrogens with one attached hydrogen (secondary N) is 1. The first-order valence-electron chi connectivity index (χ1n) is 5.99. The summed E-state index contributed by atoms with van der Waals surface area (Å²) >= 11 is 0. The van der Waals surface area contributed by atoms with Gasteiger partial charge in [-0.05, 0) is 43.9 Å². The van der Waals surface area contributed by atoms with Crippen LogP contribution >= 0.6 is 0 Å². The Balaban J connectivity index is 2.15. The van der Waals surface area contributed by atoms with Crippen LogP contribution in [0.5, 0.6) is 0 Å². The molecule has 1 aromatic rings. The molecule has 1 aromatic carbocycles. The number of hydrogen-bond donors (Lipinski definition) is 1. The van der Waals surface area contributed by atoms with E-state index in [0.29, 0.717) is 0 Å². The van der Waals surface area contributed by atoms with Crippen molar-refractivity contribution in [2.24, 2.45) is 0 Å². The van der Waals surface area contributed by atoms with Crippen LogP contribution in [0.4, 0.5) is 0 Å². The van der Waals surface area contributed by atoms with Gasteiger partial charge in [0.2, 0.25) is 0 Å². The van der Waals surface area contributed by atoms with Crippen LogP contribution < -0.4 is 5.32 Å². The van der Waals surface area contributed by atoms with Gasteiger partial charge < -0.3 is 10.1 Å². The lowest BCUT2D eigenvalue weighted by molar-refractivity contribution is 0.110. The maximum Gasteiger partial charge on any atom is 0.0722 e. The highest BCUT2D eigenvalue weighted by Crippen LogP contribution is 2.21. The lowest BCUT2D eigenvalue weighted by Crippen LogP contribution is -2.35. The van der Waals surface area contributed by atoms with Crippen molar-refractivity contribution in [3.63, 3.8) is 0 Å². The van der Waals surface area contributed by atoms with E-state index in [4.69, 9.17) is 4.74 Å². The molecule has 0 amide bonds. The van der Waals surface area contributed by atoms with E-state index >= 15 is 0 Å². The quantitative estimate of drug-likeness (QED) is 0.825. The maximum atomic E-state index is 5.54. The Kier molecular flexibility index (Phi) is 3.31. The monoisotopic (exact) mass is 219 g/mol. The SMILES string of the molecule is CC(C)(C)NCc1cccc2c1COCC2. The molecule has 2 nitrogen and oxygen atoms in total. The average molecular weight is 219 g/mol. The minimum atomic E-state index is 0.165. The first-order chi connectivity index (χ1) is 7.56. The lowest BCUT2D eigenvalue weighted by atomic mass is 9.97. The topological polar surface area (TPSA) is 21.3 Å². The second-order valence-electron chi connectivity index (χ2n) is 5.46. The van der Waals surface area contributed by atoms with Crippen LogP contribution in [-0.4, -0.2) is 12.1 Å². The zero-order valence-electron chi connectivity index (χ0n) is 10.5. The van der Waals surface area contributed by atoms with Crippen LogP contribution in [0.15, 0.2) is 18.2 Å². The second-order valence-corrected chi connectivity index (χ2v) is 5.46. The third-order valence-corrected chi connectivity index (χ3v) is 2.94. The summed E-state index contributed by atoms with van der Waals surface area (Å²) in [6.45, 7) is 9.15. The Morgan fingerprint density at radius 2 is 2.12 bits per heavy atom. The minimum Gasteiger partial charge on any atom is -0.376 e. The van der Waals surface area contributed by atoms with Crippen molar-refractivity contribution in [1.82, 2.24) is 5.32 Å². The fraction of sp³-hybridized carbons (Fsp3) is 0.571. The van der Waals surface area contributed by atoms with Gasteiger partial charge in [0, 0.05) is 12.1 Å². The molecule has 16 heavy (non-hydrogen) atoms. The molecule has 0 spiro atoms. The van der Waals surface area contributed by atoms with Crippen LogP contribution in [0.2, 0.25) is 0 Å². The first-order valence-corrected chi connectivity index (χ1v) is 5.99. The molecule has 1 aliphatic heterocycles. The zero-order valence-corrected chi connectivity index (χ0v) is 10.5. The highest BCUT2D eigenvalue weighted by molar-refractivity contribution is 5.36. The summed E-state index contributed by atoms with van der Waals surface area (Å²) in [5.74, 6) is 0. The molecule has 0 unspecified atom stereocenters. The van der Waals surface area contributed by atoms with Crippen LogP contribution in [0.25, 0.3) is 0 Å². The van der Waals surface area contributed by atoms with Crippen molar-refractivity contribution in [2.45, 2.75) is 45.9 Å². The molecule has 2 heteroatoms. The van der Waals surface area contributed by atoms with Crippen molar-refractivity contribution in [1.29, 1.82) is 0 Å². The molecule has 0 saturated carbocycles. The molecule has 0 atom stereocenters. The Morgan fingerprint density at radius 3 is 2.88 bits per heavy atom. The van der Waals surface area contributed by atoms with Gasteiger partial charge in [0.1, 0.15) is 0 Å². The van der Waals surface area contributed by atoms with Gasteiger partial charge in [-0.1, -0.05) is 18.2 Å². The summed E-state index contributed by atoms with van der Waals surface area (Å²) in [6, 6.07) is 6.58. The smallest absolute Gasteiger partial charge is 0.0722 e. The number of ether oxygens (including phenoxy) is 1. The Bertz CT molecular complexity index is 365. The van der Waals surface area contributed by atoms with Gasteiger partial charge in [0.15, 0.2) is 0 Å². The molecule has 88 valence electrons. The minimum absolute atomic E-state index is 0.165. The summed E-state index contributed by atoms with van der Waals surface area (Å²) in [6.07, 6.45) is 1.05. The average Bonchev–Trinajstić information content (AvgIpc) is 2.25. The molecule has 0 saturated heterocycles. The van der Waals surface area contributed by atoms with E-state index in [9.17, 15) is 0 Å². The molecule has 0 fully saturated rings. The van der Waals surface area contributed by atoms with Crippen molar-refractivity contribution in [2.75, 3.05) is 6.61 Å². The second kappa shape index (κ2) is 4.56. The van der Waals surface area contributed by atoms with E-state index in [-0.39, 0.29) is 5.54 Å². The largest absolute Gasteiger partial charge is 0.376 e. The molecule has 1 N–H and O–H groups in total.